The number of thiophene rings is 1. The Hall–Kier alpha value is -1.44. The molecule has 4 nitrogen and oxygen atoms in total. The summed E-state index contributed by atoms with van der Waals surface area (Å²) in [4.78, 5) is 1.87. The molecule has 2 rings (SSSR count). The summed E-state index contributed by atoms with van der Waals surface area (Å²) < 4.78 is 40.2. The Kier molecular flexibility index (Phi) is 4.12. The third-order valence-electron chi connectivity index (χ3n) is 2.80. The number of nitrogens with two attached hydrogens (primary N) is 1. The number of anilines is 1. The Morgan fingerprint density at radius 2 is 2.00 bits per heavy atom. The smallest absolute Gasteiger partial charge is 0.241 e. The molecule has 7 heteroatoms. The van der Waals surface area contributed by atoms with Crippen LogP contribution in [0.1, 0.15) is 22.7 Å². The maximum absolute atomic E-state index is 13.4. The van der Waals surface area contributed by atoms with Gasteiger partial charge in [-0.15, -0.1) is 11.3 Å². The summed E-state index contributed by atoms with van der Waals surface area (Å²) in [5.41, 5.74) is 5.26. The molecule has 1 unspecified atom stereocenters. The maximum atomic E-state index is 13.4. The molecule has 1 heterocycles. The second kappa shape index (κ2) is 5.51. The van der Waals surface area contributed by atoms with Gasteiger partial charge in [0.15, 0.2) is 0 Å². The zero-order chi connectivity index (χ0) is 14.9. The molecule has 0 radical (unpaired) electrons. The van der Waals surface area contributed by atoms with Crippen molar-refractivity contribution in [1.82, 2.24) is 4.72 Å². The Labute approximate surface area is 121 Å². The van der Waals surface area contributed by atoms with Crippen molar-refractivity contribution in [1.29, 1.82) is 0 Å². The fourth-order valence-electron chi connectivity index (χ4n) is 1.72. The summed E-state index contributed by atoms with van der Waals surface area (Å²) in [6.07, 6.45) is 0. The quantitative estimate of drug-likeness (QED) is 0.852. The van der Waals surface area contributed by atoms with E-state index in [1.807, 2.05) is 19.1 Å². The van der Waals surface area contributed by atoms with Crippen LogP contribution >= 0.6 is 11.3 Å². The van der Waals surface area contributed by atoms with Crippen LogP contribution in [-0.4, -0.2) is 8.42 Å². The molecule has 0 saturated heterocycles. The van der Waals surface area contributed by atoms with Crippen LogP contribution < -0.4 is 10.5 Å². The molecule has 0 fully saturated rings. The minimum absolute atomic E-state index is 0.0779. The maximum Gasteiger partial charge on any atom is 0.241 e. The molecular formula is C13H15FN2O2S2. The molecule has 0 spiro atoms. The van der Waals surface area contributed by atoms with E-state index in [1.54, 1.807) is 6.92 Å². The monoisotopic (exact) mass is 314 g/mol. The largest absolute Gasteiger partial charge is 0.396 e. The van der Waals surface area contributed by atoms with Crippen LogP contribution in [0.15, 0.2) is 35.2 Å². The van der Waals surface area contributed by atoms with Gasteiger partial charge in [0.25, 0.3) is 0 Å². The average molecular weight is 314 g/mol. The van der Waals surface area contributed by atoms with E-state index in [9.17, 15) is 12.8 Å². The van der Waals surface area contributed by atoms with Crippen molar-refractivity contribution in [3.63, 3.8) is 0 Å². The highest BCUT2D eigenvalue weighted by molar-refractivity contribution is 7.89. The average Bonchev–Trinajstić information content (AvgIpc) is 2.79. The van der Waals surface area contributed by atoms with Gasteiger partial charge >= 0.3 is 0 Å². The number of nitrogen functional groups attached to an aromatic ring is 1. The SMILES string of the molecule is Cc1ccc(C(C)NS(=O)(=O)c2ccc(N)c(F)c2)s1. The topological polar surface area (TPSA) is 72.2 Å². The summed E-state index contributed by atoms with van der Waals surface area (Å²) in [6, 6.07) is 6.87. The molecule has 0 bridgehead atoms. The molecule has 0 aliphatic rings. The molecule has 108 valence electrons. The number of nitrogens with one attached hydrogen (secondary N) is 1. The third-order valence-corrected chi connectivity index (χ3v) is 5.52. The molecule has 20 heavy (non-hydrogen) atoms. The molecule has 0 aliphatic heterocycles. The zero-order valence-electron chi connectivity index (χ0n) is 11.1. The van der Waals surface area contributed by atoms with Crippen molar-refractivity contribution in [3.05, 3.63) is 45.9 Å². The molecule has 0 aliphatic carbocycles. The van der Waals surface area contributed by atoms with E-state index >= 15 is 0 Å². The number of hydrogen-bond acceptors (Lipinski definition) is 4. The van der Waals surface area contributed by atoms with Gasteiger partial charge in [-0.05, 0) is 44.2 Å². The summed E-state index contributed by atoms with van der Waals surface area (Å²) in [5.74, 6) is -0.743. The van der Waals surface area contributed by atoms with Crippen molar-refractivity contribution in [2.45, 2.75) is 24.8 Å². The summed E-state index contributed by atoms with van der Waals surface area (Å²) >= 11 is 1.52. The van der Waals surface area contributed by atoms with Gasteiger partial charge in [-0.1, -0.05) is 0 Å². The Balaban J connectivity index is 2.24. The predicted molar refractivity (Wildman–Crippen MR) is 78.6 cm³/mol. The predicted octanol–water partition coefficient (Wildman–Crippen LogP) is 2.82. The van der Waals surface area contributed by atoms with E-state index in [2.05, 4.69) is 4.72 Å². The molecule has 0 amide bonds. The van der Waals surface area contributed by atoms with Gasteiger partial charge in [-0.2, -0.15) is 0 Å². The standard InChI is InChI=1S/C13H15FN2O2S2/c1-8-3-6-13(19-8)9(2)16-20(17,18)10-4-5-12(15)11(14)7-10/h3-7,9,16H,15H2,1-2H3. The van der Waals surface area contributed by atoms with E-state index in [-0.39, 0.29) is 16.6 Å². The van der Waals surface area contributed by atoms with Gasteiger partial charge in [-0.25, -0.2) is 17.5 Å². The lowest BCUT2D eigenvalue weighted by Crippen LogP contribution is -2.26. The first-order valence-corrected chi connectivity index (χ1v) is 8.23. The van der Waals surface area contributed by atoms with Crippen molar-refractivity contribution in [2.75, 3.05) is 5.73 Å². The van der Waals surface area contributed by atoms with E-state index < -0.39 is 15.8 Å². The van der Waals surface area contributed by atoms with Crippen LogP contribution in [0.25, 0.3) is 0 Å². The summed E-state index contributed by atoms with van der Waals surface area (Å²) in [5, 5.41) is 0. The number of halogens is 1. The normalized spacial score (nSPS) is 13.3. The molecule has 1 aromatic heterocycles. The fraction of sp³-hybridized carbons (Fsp3) is 0.231. The minimum atomic E-state index is -3.78. The number of benzene rings is 1. The molecule has 1 atom stereocenters. The Morgan fingerprint density at radius 1 is 1.30 bits per heavy atom. The fourth-order valence-corrected chi connectivity index (χ4v) is 3.91. The lowest BCUT2D eigenvalue weighted by Gasteiger charge is -2.13. The zero-order valence-corrected chi connectivity index (χ0v) is 12.7. The second-order valence-electron chi connectivity index (χ2n) is 4.47. The van der Waals surface area contributed by atoms with Crippen molar-refractivity contribution >= 4 is 27.0 Å². The lowest BCUT2D eigenvalue weighted by atomic mass is 10.3. The highest BCUT2D eigenvalue weighted by atomic mass is 32.2. The Bertz CT molecular complexity index is 726. The van der Waals surface area contributed by atoms with Crippen LogP contribution in [0.4, 0.5) is 10.1 Å². The van der Waals surface area contributed by atoms with E-state index in [4.69, 9.17) is 5.73 Å². The van der Waals surface area contributed by atoms with E-state index in [1.165, 1.54) is 23.5 Å². The number of aryl methyl sites for hydroxylation is 1. The molecule has 2 aromatic rings. The number of rotatable bonds is 4. The van der Waals surface area contributed by atoms with E-state index in [0.29, 0.717) is 0 Å². The number of sulfonamides is 1. The van der Waals surface area contributed by atoms with Crippen LogP contribution in [0.2, 0.25) is 0 Å². The molecule has 3 N–H and O–H groups in total. The molecule has 0 saturated carbocycles. The van der Waals surface area contributed by atoms with Gasteiger partial charge in [0.2, 0.25) is 10.0 Å². The lowest BCUT2D eigenvalue weighted by molar-refractivity contribution is 0.566. The van der Waals surface area contributed by atoms with Crippen molar-refractivity contribution < 1.29 is 12.8 Å². The van der Waals surface area contributed by atoms with Crippen molar-refractivity contribution in [3.8, 4) is 0 Å². The molecular weight excluding hydrogens is 299 g/mol. The first kappa shape index (κ1) is 15.0. The van der Waals surface area contributed by atoms with Crippen molar-refractivity contribution in [2.24, 2.45) is 0 Å². The summed E-state index contributed by atoms with van der Waals surface area (Å²) in [7, 11) is -3.78. The van der Waals surface area contributed by atoms with E-state index in [0.717, 1.165) is 15.8 Å². The van der Waals surface area contributed by atoms with Crippen LogP contribution in [0, 0.1) is 12.7 Å². The first-order chi connectivity index (χ1) is 9.29. The highest BCUT2D eigenvalue weighted by Gasteiger charge is 2.20. The summed E-state index contributed by atoms with van der Waals surface area (Å²) in [6.45, 7) is 3.70. The van der Waals surface area contributed by atoms with Gasteiger partial charge in [0.1, 0.15) is 5.82 Å². The van der Waals surface area contributed by atoms with Crippen LogP contribution in [-0.2, 0) is 10.0 Å². The second-order valence-corrected chi connectivity index (χ2v) is 7.51. The number of hydrogen-bond donors (Lipinski definition) is 2. The first-order valence-electron chi connectivity index (χ1n) is 5.93. The van der Waals surface area contributed by atoms with Crippen LogP contribution in [0.3, 0.4) is 0 Å². The van der Waals surface area contributed by atoms with Gasteiger partial charge in [-0.3, -0.25) is 0 Å². The minimum Gasteiger partial charge on any atom is -0.396 e. The van der Waals surface area contributed by atoms with Crippen LogP contribution in [0.5, 0.6) is 0 Å². The molecule has 1 aromatic carbocycles. The van der Waals surface area contributed by atoms with Gasteiger partial charge < -0.3 is 5.73 Å². The Morgan fingerprint density at radius 3 is 2.55 bits per heavy atom. The van der Waals surface area contributed by atoms with Gasteiger partial charge in [0.05, 0.1) is 16.6 Å². The highest BCUT2D eigenvalue weighted by Crippen LogP contribution is 2.24. The van der Waals surface area contributed by atoms with Gasteiger partial charge in [0, 0.05) is 9.75 Å². The third kappa shape index (κ3) is 3.17.